The standard InChI is InChI=1S/C27H28N4O3S/c1-18(24-28-13-15-35-24)31-26(33)21-11-6-12-22(23(21)27(31)34)30-14-7-10-20(17-30)25(32)29(2)16-19-8-4-3-5-9-19/h3-6,8-9,11-13,15,18,20H,7,10,14,16-17H2,1-2H3/t18-,20+/m1/s1. The van der Waals surface area contributed by atoms with Crippen LogP contribution in [0.25, 0.3) is 0 Å². The number of piperidine rings is 1. The van der Waals surface area contributed by atoms with Gasteiger partial charge in [-0.3, -0.25) is 19.3 Å². The summed E-state index contributed by atoms with van der Waals surface area (Å²) in [6, 6.07) is 15.0. The highest BCUT2D eigenvalue weighted by Gasteiger charge is 2.42. The number of aromatic nitrogens is 1. The fraction of sp³-hybridized carbons (Fsp3) is 0.333. The van der Waals surface area contributed by atoms with Gasteiger partial charge in [0.05, 0.1) is 28.8 Å². The van der Waals surface area contributed by atoms with Crippen LogP contribution in [0.2, 0.25) is 0 Å². The lowest BCUT2D eigenvalue weighted by atomic mass is 9.94. The molecule has 180 valence electrons. The number of carbonyl (C=O) groups is 3. The molecule has 2 atom stereocenters. The van der Waals surface area contributed by atoms with Crippen LogP contribution in [-0.2, 0) is 11.3 Å². The number of hydrogen-bond donors (Lipinski definition) is 0. The van der Waals surface area contributed by atoms with E-state index >= 15 is 0 Å². The Morgan fingerprint density at radius 1 is 1.14 bits per heavy atom. The lowest BCUT2D eigenvalue weighted by molar-refractivity contribution is -0.135. The first-order valence-corrected chi connectivity index (χ1v) is 12.8. The van der Waals surface area contributed by atoms with Crippen molar-refractivity contribution in [2.75, 3.05) is 25.0 Å². The predicted octanol–water partition coefficient (Wildman–Crippen LogP) is 4.38. The maximum Gasteiger partial charge on any atom is 0.264 e. The molecule has 2 aliphatic rings. The molecule has 0 aliphatic carbocycles. The Morgan fingerprint density at radius 3 is 2.69 bits per heavy atom. The second kappa shape index (κ2) is 9.62. The van der Waals surface area contributed by atoms with E-state index in [1.165, 1.54) is 16.2 Å². The number of benzene rings is 2. The fourth-order valence-corrected chi connectivity index (χ4v) is 5.78. The van der Waals surface area contributed by atoms with Crippen molar-refractivity contribution in [3.8, 4) is 0 Å². The average molecular weight is 489 g/mol. The smallest absolute Gasteiger partial charge is 0.264 e. The molecule has 0 bridgehead atoms. The Balaban J connectivity index is 1.36. The van der Waals surface area contributed by atoms with Crippen molar-refractivity contribution in [3.05, 3.63) is 81.8 Å². The summed E-state index contributed by atoms with van der Waals surface area (Å²) in [5, 5.41) is 2.57. The highest BCUT2D eigenvalue weighted by atomic mass is 32.1. The van der Waals surface area contributed by atoms with Gasteiger partial charge >= 0.3 is 0 Å². The molecule has 35 heavy (non-hydrogen) atoms. The van der Waals surface area contributed by atoms with Gasteiger partial charge in [0.25, 0.3) is 11.8 Å². The van der Waals surface area contributed by atoms with Crippen molar-refractivity contribution in [2.24, 2.45) is 5.92 Å². The van der Waals surface area contributed by atoms with Gasteiger partial charge in [-0.25, -0.2) is 4.98 Å². The van der Waals surface area contributed by atoms with E-state index in [0.717, 1.165) is 35.6 Å². The summed E-state index contributed by atoms with van der Waals surface area (Å²) in [6.07, 6.45) is 3.34. The van der Waals surface area contributed by atoms with E-state index in [-0.39, 0.29) is 23.6 Å². The van der Waals surface area contributed by atoms with Gasteiger partial charge in [-0.1, -0.05) is 36.4 Å². The minimum absolute atomic E-state index is 0.104. The maximum absolute atomic E-state index is 13.5. The van der Waals surface area contributed by atoms with Gasteiger partial charge in [-0.05, 0) is 37.5 Å². The molecular weight excluding hydrogens is 460 g/mol. The molecule has 1 saturated heterocycles. The zero-order valence-corrected chi connectivity index (χ0v) is 20.7. The zero-order valence-electron chi connectivity index (χ0n) is 19.9. The van der Waals surface area contributed by atoms with Gasteiger partial charge in [0, 0.05) is 38.3 Å². The van der Waals surface area contributed by atoms with Crippen LogP contribution in [0.1, 0.15) is 57.1 Å². The van der Waals surface area contributed by atoms with Crippen molar-refractivity contribution in [3.63, 3.8) is 0 Å². The summed E-state index contributed by atoms with van der Waals surface area (Å²) < 4.78 is 0. The topological polar surface area (TPSA) is 73.8 Å². The second-order valence-electron chi connectivity index (χ2n) is 9.19. The van der Waals surface area contributed by atoms with E-state index in [4.69, 9.17) is 0 Å². The van der Waals surface area contributed by atoms with Gasteiger partial charge in [0.1, 0.15) is 5.01 Å². The van der Waals surface area contributed by atoms with Crippen molar-refractivity contribution >= 4 is 34.7 Å². The molecule has 3 aromatic rings. The molecule has 8 heteroatoms. The van der Waals surface area contributed by atoms with Crippen molar-refractivity contribution in [2.45, 2.75) is 32.4 Å². The van der Waals surface area contributed by atoms with Crippen LogP contribution < -0.4 is 4.90 Å². The average Bonchev–Trinajstić information content (AvgIpc) is 3.51. The molecule has 2 aliphatic heterocycles. The minimum atomic E-state index is -0.433. The zero-order chi connectivity index (χ0) is 24.5. The molecule has 0 unspecified atom stereocenters. The second-order valence-corrected chi connectivity index (χ2v) is 10.1. The van der Waals surface area contributed by atoms with Crippen molar-refractivity contribution in [1.29, 1.82) is 0 Å². The third-order valence-electron chi connectivity index (χ3n) is 6.87. The molecule has 3 heterocycles. The Hall–Kier alpha value is -3.52. The number of nitrogens with zero attached hydrogens (tertiary/aromatic N) is 4. The van der Waals surface area contributed by atoms with Gasteiger partial charge in [-0.15, -0.1) is 11.3 Å². The summed E-state index contributed by atoms with van der Waals surface area (Å²) in [6.45, 7) is 3.66. The van der Waals surface area contributed by atoms with Crippen LogP contribution >= 0.6 is 11.3 Å². The Labute approximate surface area is 209 Å². The largest absolute Gasteiger partial charge is 0.370 e. The highest BCUT2D eigenvalue weighted by molar-refractivity contribution is 7.09. The Morgan fingerprint density at radius 2 is 1.94 bits per heavy atom. The summed E-state index contributed by atoms with van der Waals surface area (Å²) in [5.74, 6) is -0.641. The quantitative estimate of drug-likeness (QED) is 0.482. The van der Waals surface area contributed by atoms with E-state index in [1.54, 1.807) is 17.2 Å². The third-order valence-corrected chi connectivity index (χ3v) is 7.82. The fourth-order valence-electron chi connectivity index (χ4n) is 5.10. The lowest BCUT2D eigenvalue weighted by Crippen LogP contribution is -2.44. The van der Waals surface area contributed by atoms with E-state index in [2.05, 4.69) is 9.88 Å². The van der Waals surface area contributed by atoms with Crippen LogP contribution in [-0.4, -0.2) is 52.6 Å². The Kier molecular flexibility index (Phi) is 6.38. The summed E-state index contributed by atoms with van der Waals surface area (Å²) in [7, 11) is 1.84. The molecule has 7 nitrogen and oxygen atoms in total. The number of hydrogen-bond acceptors (Lipinski definition) is 6. The lowest BCUT2D eigenvalue weighted by Gasteiger charge is -2.36. The first-order valence-electron chi connectivity index (χ1n) is 11.9. The molecule has 1 aromatic heterocycles. The first kappa shape index (κ1) is 23.2. The third kappa shape index (κ3) is 4.34. The van der Waals surface area contributed by atoms with Gasteiger partial charge < -0.3 is 9.80 Å². The number of imide groups is 1. The maximum atomic E-state index is 13.5. The van der Waals surface area contributed by atoms with Crippen LogP contribution in [0, 0.1) is 5.92 Å². The number of carbonyl (C=O) groups excluding carboxylic acids is 3. The molecule has 0 saturated carbocycles. The summed E-state index contributed by atoms with van der Waals surface area (Å²) in [4.78, 5) is 49.5. The van der Waals surface area contributed by atoms with Crippen LogP contribution in [0.3, 0.4) is 0 Å². The number of rotatable bonds is 6. The molecule has 2 aromatic carbocycles. The van der Waals surface area contributed by atoms with E-state index < -0.39 is 6.04 Å². The van der Waals surface area contributed by atoms with Gasteiger partial charge in [0.2, 0.25) is 5.91 Å². The predicted molar refractivity (Wildman–Crippen MR) is 135 cm³/mol. The molecule has 0 N–H and O–H groups in total. The van der Waals surface area contributed by atoms with Crippen LogP contribution in [0.5, 0.6) is 0 Å². The van der Waals surface area contributed by atoms with Crippen LogP contribution in [0.4, 0.5) is 5.69 Å². The monoisotopic (exact) mass is 488 g/mol. The van der Waals surface area contributed by atoms with Gasteiger partial charge in [-0.2, -0.15) is 0 Å². The molecular formula is C27H28N4O3S. The van der Waals surface area contributed by atoms with E-state index in [0.29, 0.717) is 24.2 Å². The number of amides is 3. The molecule has 5 rings (SSSR count). The first-order chi connectivity index (χ1) is 17.0. The van der Waals surface area contributed by atoms with Crippen molar-refractivity contribution < 1.29 is 14.4 Å². The number of thiazole rings is 1. The summed E-state index contributed by atoms with van der Waals surface area (Å²) >= 11 is 1.43. The molecule has 0 radical (unpaired) electrons. The van der Waals surface area contributed by atoms with Crippen LogP contribution in [0.15, 0.2) is 60.1 Å². The van der Waals surface area contributed by atoms with E-state index in [9.17, 15) is 14.4 Å². The number of anilines is 1. The molecule has 1 fully saturated rings. The minimum Gasteiger partial charge on any atom is -0.370 e. The van der Waals surface area contributed by atoms with Gasteiger partial charge in [0.15, 0.2) is 0 Å². The Bertz CT molecular complexity index is 1240. The molecule has 3 amide bonds. The van der Waals surface area contributed by atoms with Crippen molar-refractivity contribution in [1.82, 2.24) is 14.8 Å². The highest BCUT2D eigenvalue weighted by Crippen LogP contribution is 2.38. The normalized spacial score (nSPS) is 18.5. The number of fused-ring (bicyclic) bond motifs is 1. The molecule has 0 spiro atoms. The SMILES string of the molecule is C[C@H](c1nccs1)N1C(=O)c2cccc(N3CCC[C@H](C(=O)N(C)Cc4ccccc4)C3)c2C1=O. The summed E-state index contributed by atoms with van der Waals surface area (Å²) in [5.41, 5.74) is 2.69. The van der Waals surface area contributed by atoms with E-state index in [1.807, 2.05) is 61.8 Å².